The maximum absolute atomic E-state index is 14.1. The topological polar surface area (TPSA) is 207 Å². The molecule has 4 rings (SSSR count). The SMILES string of the molecule is C[C@H](NC(=O)[C@@H](Cc1ccccc1)NC(=O)[C@H](Cc1ccc(C(F)(F)F)cc1)NC(=O)[C@@H](Cc1ccccc1C#N)NC(=O)CCC(=O)Nc1ccccc1)C(=O)O. The minimum Gasteiger partial charge on any atom is -0.480 e. The quantitative estimate of drug-likeness (QED) is 0.0864. The van der Waals surface area contributed by atoms with Crippen LogP contribution in [-0.4, -0.2) is 64.8 Å². The second-order valence-electron chi connectivity index (χ2n) is 13.3. The summed E-state index contributed by atoms with van der Waals surface area (Å²) >= 11 is 0. The molecule has 0 saturated carbocycles. The molecular formula is C42H41F3N6O7. The van der Waals surface area contributed by atoms with Gasteiger partial charge in [-0.3, -0.25) is 28.8 Å². The number of amides is 5. The van der Waals surface area contributed by atoms with Gasteiger partial charge in [-0.15, -0.1) is 0 Å². The Morgan fingerprint density at radius 3 is 1.66 bits per heavy atom. The smallest absolute Gasteiger partial charge is 0.416 e. The van der Waals surface area contributed by atoms with Gasteiger partial charge in [0.2, 0.25) is 29.5 Å². The largest absolute Gasteiger partial charge is 0.480 e. The van der Waals surface area contributed by atoms with Crippen molar-refractivity contribution in [2.75, 3.05) is 5.32 Å². The van der Waals surface area contributed by atoms with E-state index in [0.29, 0.717) is 16.8 Å². The molecule has 4 aromatic rings. The Morgan fingerprint density at radius 2 is 1.10 bits per heavy atom. The van der Waals surface area contributed by atoms with E-state index in [1.807, 2.05) is 6.07 Å². The maximum Gasteiger partial charge on any atom is 0.416 e. The molecule has 0 aliphatic carbocycles. The molecule has 0 aliphatic heterocycles. The minimum atomic E-state index is -4.65. The number of carbonyl (C=O) groups excluding carboxylic acids is 5. The zero-order chi connectivity index (χ0) is 42.2. The molecule has 0 unspecified atom stereocenters. The monoisotopic (exact) mass is 798 g/mol. The van der Waals surface area contributed by atoms with Gasteiger partial charge in [-0.05, 0) is 53.9 Å². The summed E-state index contributed by atoms with van der Waals surface area (Å²) in [5.41, 5.74) is 0.896. The zero-order valence-electron chi connectivity index (χ0n) is 31.2. The molecular weight excluding hydrogens is 757 g/mol. The third kappa shape index (κ3) is 13.6. The Kier molecular flexibility index (Phi) is 15.7. The fraction of sp³-hybridized carbons (Fsp3) is 0.262. The van der Waals surface area contributed by atoms with Crippen LogP contribution in [0.2, 0.25) is 0 Å². The van der Waals surface area contributed by atoms with Crippen LogP contribution in [0.5, 0.6) is 0 Å². The van der Waals surface area contributed by atoms with Gasteiger partial charge in [0.1, 0.15) is 24.2 Å². The molecule has 0 aliphatic rings. The number of para-hydroxylation sites is 1. The number of halogens is 3. The van der Waals surface area contributed by atoms with Gasteiger partial charge >= 0.3 is 12.1 Å². The summed E-state index contributed by atoms with van der Waals surface area (Å²) in [6, 6.07) is 23.4. The van der Waals surface area contributed by atoms with Crippen molar-refractivity contribution >= 4 is 41.2 Å². The standard InChI is InChI=1S/C42H41F3N6O7/c1-26(41(57)58)47-38(54)33(22-27-10-4-2-5-11-27)50-39(55)34(23-28-16-18-31(19-17-28)42(43,44)45)51-40(56)35(24-29-12-8-9-13-30(29)25-46)49-37(53)21-20-36(52)48-32-14-6-3-7-15-32/h2-19,26,33-35H,20-24H2,1H3,(H,47,54)(H,48,52)(H,49,53)(H,50,55)(H,51,56)(H,57,58)/t26-,33+,34-,35+/m0/s1. The van der Waals surface area contributed by atoms with Crippen molar-refractivity contribution in [3.05, 3.63) is 137 Å². The van der Waals surface area contributed by atoms with Crippen LogP contribution < -0.4 is 26.6 Å². The van der Waals surface area contributed by atoms with Crippen LogP contribution in [-0.2, 0) is 54.2 Å². The highest BCUT2D eigenvalue weighted by molar-refractivity contribution is 5.96. The number of nitrogens with one attached hydrogen (secondary N) is 5. The Labute approximate surface area is 332 Å². The van der Waals surface area contributed by atoms with Crippen molar-refractivity contribution in [1.82, 2.24) is 21.3 Å². The second kappa shape index (κ2) is 20.8. The zero-order valence-corrected chi connectivity index (χ0v) is 31.2. The van der Waals surface area contributed by atoms with Gasteiger partial charge in [0.15, 0.2) is 0 Å². The number of hydrogen-bond acceptors (Lipinski definition) is 7. The third-order valence-corrected chi connectivity index (χ3v) is 8.85. The van der Waals surface area contributed by atoms with E-state index >= 15 is 0 Å². The van der Waals surface area contributed by atoms with Crippen LogP contribution in [0.1, 0.15) is 47.6 Å². The molecule has 302 valence electrons. The fourth-order valence-electron chi connectivity index (χ4n) is 5.73. The average Bonchev–Trinajstić information content (AvgIpc) is 3.20. The van der Waals surface area contributed by atoms with Crippen molar-refractivity contribution in [2.45, 2.75) is 69.4 Å². The lowest BCUT2D eigenvalue weighted by Gasteiger charge is -2.26. The highest BCUT2D eigenvalue weighted by Gasteiger charge is 2.33. The van der Waals surface area contributed by atoms with E-state index < -0.39 is 71.4 Å². The molecule has 4 aromatic carbocycles. The summed E-state index contributed by atoms with van der Waals surface area (Å²) in [5, 5.41) is 31.8. The van der Waals surface area contributed by atoms with Gasteiger partial charge in [-0.1, -0.05) is 78.9 Å². The Morgan fingerprint density at radius 1 is 0.621 bits per heavy atom. The van der Waals surface area contributed by atoms with Crippen LogP contribution in [0.4, 0.5) is 18.9 Å². The van der Waals surface area contributed by atoms with E-state index in [-0.39, 0.29) is 43.2 Å². The molecule has 58 heavy (non-hydrogen) atoms. The maximum atomic E-state index is 14.1. The van der Waals surface area contributed by atoms with E-state index in [4.69, 9.17) is 0 Å². The van der Waals surface area contributed by atoms with E-state index in [0.717, 1.165) is 24.3 Å². The number of carboxylic acids is 1. The Balaban J connectivity index is 1.62. The van der Waals surface area contributed by atoms with Crippen LogP contribution >= 0.6 is 0 Å². The van der Waals surface area contributed by atoms with Crippen molar-refractivity contribution in [1.29, 1.82) is 5.26 Å². The summed E-state index contributed by atoms with van der Waals surface area (Å²) < 4.78 is 40.1. The first kappa shape index (κ1) is 43.7. The van der Waals surface area contributed by atoms with Crippen molar-refractivity contribution in [3.63, 3.8) is 0 Å². The van der Waals surface area contributed by atoms with Crippen molar-refractivity contribution < 1.29 is 47.0 Å². The number of carboxylic acid groups (broad SMARTS) is 1. The molecule has 0 radical (unpaired) electrons. The molecule has 0 aromatic heterocycles. The number of nitrogens with zero attached hydrogens (tertiary/aromatic N) is 1. The van der Waals surface area contributed by atoms with Gasteiger partial charge in [0, 0.05) is 37.8 Å². The molecule has 16 heteroatoms. The van der Waals surface area contributed by atoms with Crippen molar-refractivity contribution in [3.8, 4) is 6.07 Å². The predicted molar refractivity (Wildman–Crippen MR) is 205 cm³/mol. The lowest BCUT2D eigenvalue weighted by Crippen LogP contribution is -2.58. The summed E-state index contributed by atoms with van der Waals surface area (Å²) in [4.78, 5) is 78.9. The van der Waals surface area contributed by atoms with Crippen LogP contribution in [0.3, 0.4) is 0 Å². The molecule has 0 heterocycles. The molecule has 0 saturated heterocycles. The minimum absolute atomic E-state index is 0.104. The number of anilines is 1. The number of hydrogen-bond donors (Lipinski definition) is 6. The second-order valence-corrected chi connectivity index (χ2v) is 13.3. The normalized spacial score (nSPS) is 13.0. The molecule has 6 N–H and O–H groups in total. The molecule has 5 amide bonds. The van der Waals surface area contributed by atoms with Crippen molar-refractivity contribution in [2.24, 2.45) is 0 Å². The number of benzene rings is 4. The molecule has 0 spiro atoms. The third-order valence-electron chi connectivity index (χ3n) is 8.85. The summed E-state index contributed by atoms with van der Waals surface area (Å²) in [7, 11) is 0. The molecule has 13 nitrogen and oxygen atoms in total. The molecule has 0 bridgehead atoms. The van der Waals surface area contributed by atoms with Gasteiger partial charge in [-0.25, -0.2) is 0 Å². The van der Waals surface area contributed by atoms with Crippen LogP contribution in [0, 0.1) is 11.3 Å². The molecule has 0 fully saturated rings. The van der Waals surface area contributed by atoms with Gasteiger partial charge < -0.3 is 31.7 Å². The van der Waals surface area contributed by atoms with E-state index in [9.17, 15) is 52.3 Å². The summed E-state index contributed by atoms with van der Waals surface area (Å²) in [5.74, 6) is -5.27. The Bertz CT molecular complexity index is 2110. The number of nitriles is 1. The summed E-state index contributed by atoms with van der Waals surface area (Å²) in [6.45, 7) is 1.23. The van der Waals surface area contributed by atoms with Crippen LogP contribution in [0.25, 0.3) is 0 Å². The number of rotatable bonds is 18. The lowest BCUT2D eigenvalue weighted by molar-refractivity contribution is -0.141. The van der Waals surface area contributed by atoms with Gasteiger partial charge in [-0.2, -0.15) is 18.4 Å². The van der Waals surface area contributed by atoms with Gasteiger partial charge in [0.05, 0.1) is 17.2 Å². The number of alkyl halides is 3. The van der Waals surface area contributed by atoms with E-state index in [2.05, 4.69) is 26.6 Å². The first-order valence-electron chi connectivity index (χ1n) is 18.1. The predicted octanol–water partition coefficient (Wildman–Crippen LogP) is 4.07. The summed E-state index contributed by atoms with van der Waals surface area (Å²) in [6.07, 6.45) is -5.97. The van der Waals surface area contributed by atoms with Crippen LogP contribution in [0.15, 0.2) is 109 Å². The first-order valence-corrected chi connectivity index (χ1v) is 18.1. The number of aliphatic carboxylic acids is 1. The highest BCUT2D eigenvalue weighted by atomic mass is 19.4. The lowest BCUT2D eigenvalue weighted by atomic mass is 9.98. The Hall–Kier alpha value is -7.02. The molecule has 4 atom stereocenters. The average molecular weight is 799 g/mol. The highest BCUT2D eigenvalue weighted by Crippen LogP contribution is 2.29. The fourth-order valence-corrected chi connectivity index (χ4v) is 5.73. The van der Waals surface area contributed by atoms with E-state index in [1.165, 1.54) is 13.0 Å². The van der Waals surface area contributed by atoms with E-state index in [1.54, 1.807) is 78.9 Å². The first-order chi connectivity index (χ1) is 27.6. The van der Waals surface area contributed by atoms with Gasteiger partial charge in [0.25, 0.3) is 0 Å². The number of carbonyl (C=O) groups is 6.